The molecule has 9 nitrogen and oxygen atoms in total. The Kier molecular flexibility index (Phi) is 7.75. The van der Waals surface area contributed by atoms with Gasteiger partial charge in [-0.3, -0.25) is 9.36 Å². The second-order valence-electron chi connectivity index (χ2n) is 11.8. The van der Waals surface area contributed by atoms with Crippen LogP contribution in [0.4, 0.5) is 14.5 Å². The van der Waals surface area contributed by atoms with Crippen molar-refractivity contribution in [1.29, 1.82) is 0 Å². The summed E-state index contributed by atoms with van der Waals surface area (Å²) in [6.45, 7) is 3.72. The van der Waals surface area contributed by atoms with Crippen LogP contribution in [0.3, 0.4) is 0 Å². The molecule has 1 fully saturated rings. The first-order valence-corrected chi connectivity index (χ1v) is 17.9. The van der Waals surface area contributed by atoms with Gasteiger partial charge < -0.3 is 9.42 Å². The number of thiazole rings is 1. The minimum Gasteiger partial charge on any atom is -0.361 e. The number of sulfone groups is 1. The number of carbonyl (C=O) groups is 1. The molecule has 13 heteroatoms. The molecular formula is C34H29F2N5O4S2. The predicted molar refractivity (Wildman–Crippen MR) is 176 cm³/mol. The molecular weight excluding hydrogens is 645 g/mol. The van der Waals surface area contributed by atoms with Gasteiger partial charge in [0.25, 0.3) is 0 Å². The van der Waals surface area contributed by atoms with Crippen LogP contribution < -0.4 is 4.90 Å². The zero-order valence-corrected chi connectivity index (χ0v) is 27.3. The number of hydrogen-bond acceptors (Lipinski definition) is 8. The monoisotopic (exact) mass is 673 g/mol. The highest BCUT2D eigenvalue weighted by molar-refractivity contribution is 7.89. The second-order valence-corrected chi connectivity index (χ2v) is 14.7. The van der Waals surface area contributed by atoms with Crippen molar-refractivity contribution in [3.05, 3.63) is 101 Å². The smallest absolute Gasteiger partial charge is 0.227 e. The summed E-state index contributed by atoms with van der Waals surface area (Å²) in [5.41, 5.74) is 6.33. The SMILES string of the molecule is Cc1noc(C)c1-c1ccc2c(c1)nc([C@@H]1CCCC(=O)N1c1ccc(F)c(F)c1)n2-c1nc(-c2ccc(CS(C)(=O)=O)cc2)cs1. The first-order valence-electron chi connectivity index (χ1n) is 14.9. The van der Waals surface area contributed by atoms with Crippen molar-refractivity contribution in [3.8, 4) is 27.5 Å². The Labute approximate surface area is 273 Å². The molecule has 0 N–H and O–H groups in total. The second kappa shape index (κ2) is 11.8. The molecule has 3 aromatic heterocycles. The third-order valence-electron chi connectivity index (χ3n) is 8.29. The normalized spacial score (nSPS) is 15.6. The summed E-state index contributed by atoms with van der Waals surface area (Å²) in [6.07, 6.45) is 2.61. The maximum Gasteiger partial charge on any atom is 0.227 e. The molecule has 0 radical (unpaired) electrons. The molecule has 1 aliphatic heterocycles. The van der Waals surface area contributed by atoms with Crippen molar-refractivity contribution in [1.82, 2.24) is 19.7 Å². The van der Waals surface area contributed by atoms with Crippen LogP contribution in [0.5, 0.6) is 0 Å². The van der Waals surface area contributed by atoms with E-state index < -0.39 is 27.5 Å². The summed E-state index contributed by atoms with van der Waals surface area (Å²) < 4.78 is 59.2. The van der Waals surface area contributed by atoms with Gasteiger partial charge in [-0.15, -0.1) is 11.3 Å². The number of nitrogens with zero attached hydrogens (tertiary/aromatic N) is 5. The van der Waals surface area contributed by atoms with Gasteiger partial charge in [-0.1, -0.05) is 35.5 Å². The van der Waals surface area contributed by atoms with Crippen molar-refractivity contribution in [2.75, 3.05) is 11.2 Å². The standard InChI is InChI=1S/C34H29F2N5O4S2/c1-19-32(20(2)45-39-19)23-11-14-29-27(15-23)37-33(30-5-4-6-31(42)40(30)24-12-13-25(35)26(36)16-24)41(29)34-38-28(17-46-34)22-9-7-21(8-10-22)18-47(3,43)44/h7-17,30H,4-6,18H2,1-3H3/t30-/m0/s1. The van der Waals surface area contributed by atoms with Gasteiger partial charge in [-0.2, -0.15) is 0 Å². The lowest BCUT2D eigenvalue weighted by Crippen LogP contribution is -2.39. The number of hydrogen-bond donors (Lipinski definition) is 0. The molecule has 240 valence electrons. The summed E-state index contributed by atoms with van der Waals surface area (Å²) in [6, 6.07) is 16.0. The van der Waals surface area contributed by atoms with E-state index in [1.807, 2.05) is 54.1 Å². The number of fused-ring (bicyclic) bond motifs is 1. The van der Waals surface area contributed by atoms with Gasteiger partial charge in [-0.25, -0.2) is 27.2 Å². The van der Waals surface area contributed by atoms with E-state index in [1.54, 1.807) is 12.1 Å². The van der Waals surface area contributed by atoms with Crippen molar-refractivity contribution in [2.45, 2.75) is 44.9 Å². The summed E-state index contributed by atoms with van der Waals surface area (Å²) in [4.78, 5) is 25.0. The first kappa shape index (κ1) is 30.9. The van der Waals surface area contributed by atoms with E-state index in [1.165, 1.54) is 28.6 Å². The minimum atomic E-state index is -3.17. The lowest BCUT2D eigenvalue weighted by atomic mass is 9.99. The lowest BCUT2D eigenvalue weighted by Gasteiger charge is -2.35. The number of aryl methyl sites for hydroxylation is 2. The summed E-state index contributed by atoms with van der Waals surface area (Å²) in [5, 5.41) is 6.61. The van der Waals surface area contributed by atoms with Gasteiger partial charge in [0.15, 0.2) is 26.6 Å². The van der Waals surface area contributed by atoms with Crippen LogP contribution in [0.1, 0.15) is 48.1 Å². The number of aromatic nitrogens is 4. The molecule has 0 bridgehead atoms. The lowest BCUT2D eigenvalue weighted by molar-refractivity contribution is -0.120. The number of amides is 1. The number of benzene rings is 3. The maximum absolute atomic E-state index is 14.4. The van der Waals surface area contributed by atoms with Crippen molar-refractivity contribution < 1.29 is 26.5 Å². The van der Waals surface area contributed by atoms with Crippen LogP contribution in [0.15, 0.2) is 70.6 Å². The largest absolute Gasteiger partial charge is 0.361 e. The molecule has 1 atom stereocenters. The summed E-state index contributed by atoms with van der Waals surface area (Å²) in [5.74, 6) is -1.08. The highest BCUT2D eigenvalue weighted by Gasteiger charge is 2.35. The molecule has 0 unspecified atom stereocenters. The van der Waals surface area contributed by atoms with E-state index in [0.717, 1.165) is 40.0 Å². The number of rotatable bonds is 7. The van der Waals surface area contributed by atoms with Crippen LogP contribution in [0.25, 0.3) is 38.5 Å². The molecule has 1 amide bonds. The Hall–Kier alpha value is -4.75. The third kappa shape index (κ3) is 5.85. The molecule has 1 saturated heterocycles. The third-order valence-corrected chi connectivity index (χ3v) is 9.98. The van der Waals surface area contributed by atoms with Crippen LogP contribution in [-0.4, -0.2) is 40.3 Å². The molecule has 4 heterocycles. The minimum absolute atomic E-state index is 0.0511. The molecule has 0 saturated carbocycles. The zero-order valence-electron chi connectivity index (χ0n) is 25.7. The average Bonchev–Trinajstić information content (AvgIpc) is 3.74. The van der Waals surface area contributed by atoms with Gasteiger partial charge in [0.1, 0.15) is 11.6 Å². The van der Waals surface area contributed by atoms with E-state index in [4.69, 9.17) is 14.5 Å². The summed E-state index contributed by atoms with van der Waals surface area (Å²) >= 11 is 1.40. The summed E-state index contributed by atoms with van der Waals surface area (Å²) in [7, 11) is -3.17. The first-order chi connectivity index (χ1) is 22.5. The van der Waals surface area contributed by atoms with Gasteiger partial charge in [0.2, 0.25) is 5.91 Å². The maximum atomic E-state index is 14.4. The number of piperidine rings is 1. The Morgan fingerprint density at radius 1 is 0.979 bits per heavy atom. The highest BCUT2D eigenvalue weighted by atomic mass is 32.2. The van der Waals surface area contributed by atoms with Crippen molar-refractivity contribution in [3.63, 3.8) is 0 Å². The van der Waals surface area contributed by atoms with Gasteiger partial charge in [0.05, 0.1) is 34.2 Å². The number of anilines is 1. The van der Waals surface area contributed by atoms with Crippen LogP contribution in [0, 0.1) is 25.5 Å². The van der Waals surface area contributed by atoms with E-state index in [9.17, 15) is 22.0 Å². The van der Waals surface area contributed by atoms with Gasteiger partial charge >= 0.3 is 0 Å². The Bertz CT molecular complexity index is 2260. The number of halogens is 2. The molecule has 0 spiro atoms. The molecule has 47 heavy (non-hydrogen) atoms. The Balaban J connectivity index is 1.37. The molecule has 6 aromatic rings. The molecule has 0 aliphatic carbocycles. The molecule has 1 aliphatic rings. The van der Waals surface area contributed by atoms with E-state index in [2.05, 4.69) is 5.16 Å². The predicted octanol–water partition coefficient (Wildman–Crippen LogP) is 7.50. The fraction of sp³-hybridized carbons (Fsp3) is 0.235. The van der Waals surface area contributed by atoms with E-state index >= 15 is 0 Å². The van der Waals surface area contributed by atoms with Gasteiger partial charge in [0, 0.05) is 40.9 Å². The highest BCUT2D eigenvalue weighted by Crippen LogP contribution is 2.40. The Morgan fingerprint density at radius 2 is 1.74 bits per heavy atom. The van der Waals surface area contributed by atoms with Crippen LogP contribution in [0.2, 0.25) is 0 Å². The van der Waals surface area contributed by atoms with Crippen molar-refractivity contribution >= 4 is 43.8 Å². The van der Waals surface area contributed by atoms with Crippen molar-refractivity contribution in [2.24, 2.45) is 0 Å². The fourth-order valence-corrected chi connectivity index (χ4v) is 7.87. The number of imidazole rings is 1. The molecule has 7 rings (SSSR count). The fourth-order valence-electron chi connectivity index (χ4n) is 6.22. The quantitative estimate of drug-likeness (QED) is 0.173. The number of carbonyl (C=O) groups excluding carboxylic acids is 1. The van der Waals surface area contributed by atoms with Crippen LogP contribution >= 0.6 is 11.3 Å². The Morgan fingerprint density at radius 3 is 2.45 bits per heavy atom. The average molecular weight is 674 g/mol. The van der Waals surface area contributed by atoms with E-state index in [0.29, 0.717) is 46.3 Å². The van der Waals surface area contributed by atoms with Crippen LogP contribution in [-0.2, 0) is 20.4 Å². The zero-order chi connectivity index (χ0) is 33.0. The van der Waals surface area contributed by atoms with Gasteiger partial charge in [-0.05, 0) is 62.1 Å². The van der Waals surface area contributed by atoms with E-state index in [-0.39, 0.29) is 23.8 Å². The topological polar surface area (TPSA) is 111 Å². The molecule has 3 aromatic carbocycles.